The Balaban J connectivity index is 1.64. The van der Waals surface area contributed by atoms with Crippen LogP contribution in [0.1, 0.15) is 45.6 Å². The van der Waals surface area contributed by atoms with E-state index in [-0.39, 0.29) is 24.5 Å². The van der Waals surface area contributed by atoms with E-state index in [1.165, 1.54) is 7.11 Å². The number of methoxy groups -OCH3 is 1. The highest BCUT2D eigenvalue weighted by Crippen LogP contribution is 2.77. The van der Waals surface area contributed by atoms with Crippen LogP contribution in [0.25, 0.3) is 0 Å². The van der Waals surface area contributed by atoms with E-state index in [9.17, 15) is 14.7 Å². The Hall–Kier alpha value is -1.76. The molecule has 6 heteroatoms. The zero-order chi connectivity index (χ0) is 21.1. The molecule has 4 rings (SSSR count). The molecule has 3 aliphatic rings. The molecule has 3 saturated carbocycles. The molecule has 0 saturated heterocycles. The summed E-state index contributed by atoms with van der Waals surface area (Å²) < 4.78 is 17.2. The van der Waals surface area contributed by atoms with Crippen LogP contribution in [0.3, 0.4) is 0 Å². The summed E-state index contributed by atoms with van der Waals surface area (Å²) in [7, 11) is 1.37. The average Bonchev–Trinajstić information content (AvgIpc) is 3.22. The molecule has 6 atom stereocenters. The van der Waals surface area contributed by atoms with Crippen molar-refractivity contribution < 1.29 is 28.9 Å². The van der Waals surface area contributed by atoms with Crippen LogP contribution in [-0.4, -0.2) is 42.0 Å². The maximum absolute atomic E-state index is 13.4. The van der Waals surface area contributed by atoms with Crippen LogP contribution in [0.4, 0.5) is 0 Å². The van der Waals surface area contributed by atoms with Gasteiger partial charge in [-0.3, -0.25) is 9.59 Å². The topological polar surface area (TPSA) is 82.1 Å². The summed E-state index contributed by atoms with van der Waals surface area (Å²) in [6.45, 7) is 5.71. The fraction of sp³-hybridized carbons (Fsp3) is 0.652. The number of esters is 1. The van der Waals surface area contributed by atoms with Crippen LogP contribution < -0.4 is 0 Å². The monoisotopic (exact) mass is 402 g/mol. The highest BCUT2D eigenvalue weighted by molar-refractivity contribution is 5.98. The molecular formula is C23H30O6. The molecule has 1 aromatic carbocycles. The van der Waals surface area contributed by atoms with Crippen LogP contribution in [0.15, 0.2) is 30.3 Å². The Bertz CT molecular complexity index is 820. The molecule has 3 fully saturated rings. The van der Waals surface area contributed by atoms with Gasteiger partial charge >= 0.3 is 5.97 Å². The highest BCUT2D eigenvalue weighted by atomic mass is 16.7. The first-order chi connectivity index (χ1) is 13.7. The van der Waals surface area contributed by atoms with Gasteiger partial charge in [0.05, 0.1) is 35.7 Å². The lowest BCUT2D eigenvalue weighted by molar-refractivity contribution is -0.221. The van der Waals surface area contributed by atoms with Crippen molar-refractivity contribution in [1.29, 1.82) is 0 Å². The van der Waals surface area contributed by atoms with Crippen molar-refractivity contribution in [2.75, 3.05) is 13.9 Å². The molecule has 0 radical (unpaired) electrons. The molecule has 0 aromatic heterocycles. The Kier molecular flexibility index (Phi) is 4.68. The maximum atomic E-state index is 13.4. The summed E-state index contributed by atoms with van der Waals surface area (Å²) >= 11 is 0. The van der Waals surface area contributed by atoms with Gasteiger partial charge in [0.25, 0.3) is 0 Å². The predicted octanol–water partition coefficient (Wildman–Crippen LogP) is 2.87. The third-order valence-electron chi connectivity index (χ3n) is 8.25. The van der Waals surface area contributed by atoms with Crippen molar-refractivity contribution in [2.45, 2.75) is 57.8 Å². The minimum Gasteiger partial charge on any atom is -0.469 e. The summed E-state index contributed by atoms with van der Waals surface area (Å²) in [4.78, 5) is 26.5. The van der Waals surface area contributed by atoms with Gasteiger partial charge < -0.3 is 19.3 Å². The fourth-order valence-corrected chi connectivity index (χ4v) is 6.72. The normalized spacial score (nSPS) is 42.9. The fourth-order valence-electron chi connectivity index (χ4n) is 6.72. The van der Waals surface area contributed by atoms with Crippen molar-refractivity contribution >= 4 is 11.8 Å². The van der Waals surface area contributed by atoms with Crippen molar-refractivity contribution in [3.05, 3.63) is 35.9 Å². The van der Waals surface area contributed by atoms with Gasteiger partial charge in [-0.2, -0.15) is 0 Å². The quantitative estimate of drug-likeness (QED) is 0.448. The first-order valence-corrected chi connectivity index (χ1v) is 10.3. The number of carbonyl (C=O) groups is 2. The summed E-state index contributed by atoms with van der Waals surface area (Å²) in [6, 6.07) is 9.74. The van der Waals surface area contributed by atoms with Crippen LogP contribution in [0.5, 0.6) is 0 Å². The van der Waals surface area contributed by atoms with Crippen LogP contribution in [0.2, 0.25) is 0 Å². The second-order valence-corrected chi connectivity index (χ2v) is 9.28. The Morgan fingerprint density at radius 1 is 1.24 bits per heavy atom. The molecule has 29 heavy (non-hydrogen) atoms. The number of benzene rings is 1. The van der Waals surface area contributed by atoms with Crippen molar-refractivity contribution in [3.8, 4) is 0 Å². The van der Waals surface area contributed by atoms with Gasteiger partial charge in [-0.15, -0.1) is 0 Å². The highest BCUT2D eigenvalue weighted by Gasteiger charge is 2.86. The number of fused-ring (bicyclic) bond motifs is 1. The lowest BCUT2D eigenvalue weighted by Gasteiger charge is -2.49. The van der Waals surface area contributed by atoms with Gasteiger partial charge in [-0.05, 0) is 44.6 Å². The number of hydrogen-bond donors (Lipinski definition) is 1. The van der Waals surface area contributed by atoms with Crippen molar-refractivity contribution in [3.63, 3.8) is 0 Å². The van der Waals surface area contributed by atoms with Crippen molar-refractivity contribution in [1.82, 2.24) is 0 Å². The number of ketones is 1. The predicted molar refractivity (Wildman–Crippen MR) is 105 cm³/mol. The van der Waals surface area contributed by atoms with E-state index in [4.69, 9.17) is 14.2 Å². The summed E-state index contributed by atoms with van der Waals surface area (Å²) in [6.07, 6.45) is 1.40. The molecule has 1 aromatic rings. The van der Waals surface area contributed by atoms with E-state index in [1.54, 1.807) is 13.8 Å². The van der Waals surface area contributed by atoms with Gasteiger partial charge in [-0.1, -0.05) is 37.3 Å². The van der Waals surface area contributed by atoms with Crippen LogP contribution in [0, 0.1) is 22.7 Å². The van der Waals surface area contributed by atoms with E-state index in [0.29, 0.717) is 25.9 Å². The molecule has 3 unspecified atom stereocenters. The number of rotatable bonds is 6. The smallest absolute Gasteiger partial charge is 0.314 e. The van der Waals surface area contributed by atoms with Crippen molar-refractivity contribution in [2.24, 2.45) is 22.7 Å². The van der Waals surface area contributed by atoms with Gasteiger partial charge in [0.2, 0.25) is 0 Å². The lowest BCUT2D eigenvalue weighted by atomic mass is 9.56. The molecule has 2 bridgehead atoms. The first kappa shape index (κ1) is 20.5. The number of hydrogen-bond acceptors (Lipinski definition) is 6. The van der Waals surface area contributed by atoms with Crippen LogP contribution >= 0.6 is 0 Å². The van der Waals surface area contributed by atoms with E-state index in [1.807, 2.05) is 37.3 Å². The molecule has 0 aliphatic heterocycles. The molecule has 6 nitrogen and oxygen atoms in total. The van der Waals surface area contributed by atoms with Gasteiger partial charge in [0.1, 0.15) is 12.6 Å². The molecule has 158 valence electrons. The number of aliphatic hydroxyl groups is 1. The molecule has 0 amide bonds. The standard InChI is InChI=1S/C23H30O6/c1-15-18(24)22-13-23(15,29-14-28-12-16-8-6-5-7-9-16)21(3,19(25)27-4)17(22)10-11-20(22,2)26/h5-9,15,17,26H,10-14H2,1-4H3/t15-,17?,20-,21?,22-,23?/m1/s1. The van der Waals surface area contributed by atoms with Crippen LogP contribution in [-0.2, 0) is 30.4 Å². The number of carbonyl (C=O) groups excluding carboxylic acids is 2. The maximum Gasteiger partial charge on any atom is 0.314 e. The third kappa shape index (κ3) is 2.39. The van der Waals surface area contributed by atoms with E-state index in [0.717, 1.165) is 5.56 Å². The Morgan fingerprint density at radius 2 is 1.93 bits per heavy atom. The summed E-state index contributed by atoms with van der Waals surface area (Å²) in [5.74, 6) is -1.23. The number of Topliss-reactive ketones (excluding diaryl/α,β-unsaturated/α-hetero) is 1. The first-order valence-electron chi connectivity index (χ1n) is 10.3. The molecule has 1 N–H and O–H groups in total. The minimum atomic E-state index is -1.16. The Morgan fingerprint density at radius 3 is 2.59 bits per heavy atom. The third-order valence-corrected chi connectivity index (χ3v) is 8.25. The minimum absolute atomic E-state index is 0.00515. The average molecular weight is 402 g/mol. The number of ether oxygens (including phenoxy) is 3. The second kappa shape index (κ2) is 6.62. The second-order valence-electron chi connectivity index (χ2n) is 9.28. The van der Waals surface area contributed by atoms with E-state index < -0.39 is 27.9 Å². The van der Waals surface area contributed by atoms with E-state index >= 15 is 0 Å². The van der Waals surface area contributed by atoms with Gasteiger partial charge in [0.15, 0.2) is 0 Å². The molecule has 1 spiro atoms. The molecule has 0 heterocycles. The SMILES string of the molecule is COC(=O)C1(C)C2CC[C@@](C)(O)[C@]23CC1(OCOCc1ccccc1)[C@H](C)C3=O. The summed E-state index contributed by atoms with van der Waals surface area (Å²) in [5, 5.41) is 11.2. The zero-order valence-electron chi connectivity index (χ0n) is 17.6. The van der Waals surface area contributed by atoms with Gasteiger partial charge in [-0.25, -0.2) is 0 Å². The summed E-state index contributed by atoms with van der Waals surface area (Å²) in [5.41, 5.74) is -3.20. The Labute approximate surface area is 171 Å². The lowest BCUT2D eigenvalue weighted by Crippen LogP contribution is -2.61. The molecule has 3 aliphatic carbocycles. The largest absolute Gasteiger partial charge is 0.469 e. The zero-order valence-corrected chi connectivity index (χ0v) is 17.6. The van der Waals surface area contributed by atoms with Gasteiger partial charge in [0, 0.05) is 5.92 Å². The molecular weight excluding hydrogens is 372 g/mol. The van der Waals surface area contributed by atoms with E-state index in [2.05, 4.69) is 0 Å².